The van der Waals surface area contributed by atoms with Crippen LogP contribution in [0.15, 0.2) is 36.4 Å². The van der Waals surface area contributed by atoms with Crippen LogP contribution in [0.2, 0.25) is 5.02 Å². The molecule has 0 unspecified atom stereocenters. The number of nitrogens with one attached hydrogen (secondary N) is 3. The number of aryl methyl sites for hydroxylation is 1. The number of halogens is 1. The lowest BCUT2D eigenvalue weighted by Gasteiger charge is -2.14. The first-order chi connectivity index (χ1) is 12.0. The van der Waals surface area contributed by atoms with Gasteiger partial charge in [0.1, 0.15) is 5.75 Å². The molecule has 0 aliphatic rings. The minimum Gasteiger partial charge on any atom is -0.495 e. The Hall–Kier alpha value is -2.73. The number of amides is 2. The van der Waals surface area contributed by atoms with E-state index in [0.29, 0.717) is 27.7 Å². The Morgan fingerprint density at radius 3 is 2.56 bits per heavy atom. The second kappa shape index (κ2) is 8.39. The lowest BCUT2D eigenvalue weighted by Crippen LogP contribution is -2.24. The van der Waals surface area contributed by atoms with Crippen LogP contribution in [0.1, 0.15) is 15.9 Å². The summed E-state index contributed by atoms with van der Waals surface area (Å²) in [7, 11) is 3.06. The highest BCUT2D eigenvalue weighted by atomic mass is 35.5. The van der Waals surface area contributed by atoms with Gasteiger partial charge in [-0.15, -0.1) is 0 Å². The van der Waals surface area contributed by atoms with E-state index in [1.807, 2.05) is 6.92 Å². The van der Waals surface area contributed by atoms with Gasteiger partial charge in [0.25, 0.3) is 5.91 Å². The highest BCUT2D eigenvalue weighted by molar-refractivity contribution is 6.31. The van der Waals surface area contributed by atoms with Gasteiger partial charge in [0.05, 0.1) is 24.9 Å². The largest absolute Gasteiger partial charge is 0.495 e. The predicted molar refractivity (Wildman–Crippen MR) is 99.7 cm³/mol. The van der Waals surface area contributed by atoms with Crippen molar-refractivity contribution >= 4 is 34.8 Å². The maximum Gasteiger partial charge on any atom is 0.253 e. The average molecular weight is 362 g/mol. The van der Waals surface area contributed by atoms with Gasteiger partial charge in [-0.3, -0.25) is 9.59 Å². The van der Waals surface area contributed by atoms with E-state index in [2.05, 4.69) is 16.0 Å². The van der Waals surface area contributed by atoms with Crippen LogP contribution < -0.4 is 20.7 Å². The number of hydrogen-bond donors (Lipinski definition) is 3. The quantitative estimate of drug-likeness (QED) is 0.738. The summed E-state index contributed by atoms with van der Waals surface area (Å²) in [6.45, 7) is 1.84. The Kier molecular flexibility index (Phi) is 6.25. The zero-order valence-corrected chi connectivity index (χ0v) is 15.0. The van der Waals surface area contributed by atoms with Crippen molar-refractivity contribution in [2.75, 3.05) is 31.3 Å². The molecule has 2 aromatic rings. The standard InChI is InChI=1S/C18H20ClN3O3/c1-11-8-15(16(25-3)9-13(11)19)22-17(23)10-21-14-7-5-4-6-12(14)18(24)20-2/h4-9,21H,10H2,1-3H3,(H,20,24)(H,22,23). The number of carbonyl (C=O) groups is 2. The first-order valence-corrected chi connectivity index (χ1v) is 8.03. The van der Waals surface area contributed by atoms with Gasteiger partial charge in [0.15, 0.2) is 0 Å². The zero-order valence-electron chi connectivity index (χ0n) is 14.3. The third-order valence-corrected chi connectivity index (χ3v) is 4.00. The molecule has 132 valence electrons. The van der Waals surface area contributed by atoms with Crippen molar-refractivity contribution in [3.05, 3.63) is 52.5 Å². The molecule has 0 aliphatic carbocycles. The number of ether oxygens (including phenoxy) is 1. The van der Waals surface area contributed by atoms with Crippen LogP contribution >= 0.6 is 11.6 Å². The summed E-state index contributed by atoms with van der Waals surface area (Å²) in [5, 5.41) is 8.88. The number of benzene rings is 2. The van der Waals surface area contributed by atoms with Crippen LogP contribution in [0.25, 0.3) is 0 Å². The molecule has 3 N–H and O–H groups in total. The van der Waals surface area contributed by atoms with Crippen molar-refractivity contribution in [2.45, 2.75) is 6.92 Å². The van der Waals surface area contributed by atoms with Crippen LogP contribution in [0.5, 0.6) is 5.75 Å². The number of anilines is 2. The molecule has 2 amide bonds. The second-order valence-corrected chi connectivity index (χ2v) is 5.74. The van der Waals surface area contributed by atoms with Gasteiger partial charge in [-0.25, -0.2) is 0 Å². The topological polar surface area (TPSA) is 79.5 Å². The average Bonchev–Trinajstić information content (AvgIpc) is 2.62. The minimum absolute atomic E-state index is 0.00115. The summed E-state index contributed by atoms with van der Waals surface area (Å²) in [5.74, 6) is -0.0139. The minimum atomic E-state index is -0.272. The molecule has 0 saturated carbocycles. The zero-order chi connectivity index (χ0) is 18.4. The number of para-hydroxylation sites is 1. The van der Waals surface area contributed by atoms with E-state index in [9.17, 15) is 9.59 Å². The van der Waals surface area contributed by atoms with E-state index in [4.69, 9.17) is 16.3 Å². The predicted octanol–water partition coefficient (Wildman–Crippen LogP) is 3.07. The third kappa shape index (κ3) is 4.64. The van der Waals surface area contributed by atoms with Crippen molar-refractivity contribution in [1.29, 1.82) is 0 Å². The van der Waals surface area contributed by atoms with Crippen molar-refractivity contribution in [1.82, 2.24) is 5.32 Å². The van der Waals surface area contributed by atoms with E-state index in [-0.39, 0.29) is 18.4 Å². The van der Waals surface area contributed by atoms with E-state index in [1.54, 1.807) is 43.4 Å². The van der Waals surface area contributed by atoms with Gasteiger partial charge >= 0.3 is 0 Å². The number of methoxy groups -OCH3 is 1. The molecule has 0 atom stereocenters. The van der Waals surface area contributed by atoms with Crippen LogP contribution in [-0.2, 0) is 4.79 Å². The monoisotopic (exact) mass is 361 g/mol. The van der Waals surface area contributed by atoms with Gasteiger partial charge in [0, 0.05) is 23.8 Å². The molecule has 7 heteroatoms. The summed E-state index contributed by atoms with van der Waals surface area (Å²) >= 11 is 6.06. The second-order valence-electron chi connectivity index (χ2n) is 5.33. The van der Waals surface area contributed by atoms with Gasteiger partial charge in [-0.05, 0) is 30.7 Å². The fraction of sp³-hybridized carbons (Fsp3) is 0.222. The first kappa shape index (κ1) is 18.6. The number of carbonyl (C=O) groups excluding carboxylic acids is 2. The molecule has 6 nitrogen and oxygen atoms in total. The molecule has 0 fully saturated rings. The fourth-order valence-electron chi connectivity index (χ4n) is 2.27. The Morgan fingerprint density at radius 2 is 1.88 bits per heavy atom. The van der Waals surface area contributed by atoms with Crippen LogP contribution in [0, 0.1) is 6.92 Å². The normalized spacial score (nSPS) is 10.1. The summed E-state index contributed by atoms with van der Waals surface area (Å²) in [6, 6.07) is 10.4. The van der Waals surface area contributed by atoms with Gasteiger partial charge in [-0.2, -0.15) is 0 Å². The summed E-state index contributed by atoms with van der Waals surface area (Å²) in [6.07, 6.45) is 0. The molecule has 0 saturated heterocycles. The van der Waals surface area contributed by atoms with E-state index in [0.717, 1.165) is 5.56 Å². The van der Waals surface area contributed by atoms with Crippen molar-refractivity contribution in [2.24, 2.45) is 0 Å². The van der Waals surface area contributed by atoms with E-state index in [1.165, 1.54) is 7.11 Å². The molecule has 25 heavy (non-hydrogen) atoms. The Balaban J connectivity index is 2.08. The highest BCUT2D eigenvalue weighted by Crippen LogP contribution is 2.30. The molecule has 0 spiro atoms. The molecule has 0 aliphatic heterocycles. The van der Waals surface area contributed by atoms with E-state index < -0.39 is 0 Å². The van der Waals surface area contributed by atoms with Crippen molar-refractivity contribution in [3.8, 4) is 5.75 Å². The smallest absolute Gasteiger partial charge is 0.253 e. The molecule has 0 radical (unpaired) electrons. The molecule has 0 heterocycles. The number of hydrogen-bond acceptors (Lipinski definition) is 4. The summed E-state index contributed by atoms with van der Waals surface area (Å²) < 4.78 is 5.24. The SMILES string of the molecule is CNC(=O)c1ccccc1NCC(=O)Nc1cc(C)c(Cl)cc1OC. The first-order valence-electron chi connectivity index (χ1n) is 7.65. The Bertz CT molecular complexity index is 793. The maximum atomic E-state index is 12.2. The lowest BCUT2D eigenvalue weighted by molar-refractivity contribution is -0.114. The molecule has 2 rings (SSSR count). The lowest BCUT2D eigenvalue weighted by atomic mass is 10.1. The van der Waals surface area contributed by atoms with Crippen LogP contribution in [-0.4, -0.2) is 32.5 Å². The fourth-order valence-corrected chi connectivity index (χ4v) is 2.42. The Morgan fingerprint density at radius 1 is 1.16 bits per heavy atom. The maximum absolute atomic E-state index is 12.2. The molecule has 0 bridgehead atoms. The van der Waals surface area contributed by atoms with Crippen molar-refractivity contribution < 1.29 is 14.3 Å². The Labute approximate surface area is 151 Å². The summed E-state index contributed by atoms with van der Waals surface area (Å²) in [4.78, 5) is 24.1. The van der Waals surface area contributed by atoms with E-state index >= 15 is 0 Å². The molecular formula is C18H20ClN3O3. The number of rotatable bonds is 6. The van der Waals surface area contributed by atoms with Crippen LogP contribution in [0.4, 0.5) is 11.4 Å². The van der Waals surface area contributed by atoms with Crippen LogP contribution in [0.3, 0.4) is 0 Å². The van der Waals surface area contributed by atoms with Gasteiger partial charge < -0.3 is 20.7 Å². The highest BCUT2D eigenvalue weighted by Gasteiger charge is 2.12. The molecule has 0 aromatic heterocycles. The van der Waals surface area contributed by atoms with Gasteiger partial charge in [-0.1, -0.05) is 23.7 Å². The van der Waals surface area contributed by atoms with Crippen molar-refractivity contribution in [3.63, 3.8) is 0 Å². The molecular weight excluding hydrogens is 342 g/mol. The summed E-state index contributed by atoms with van der Waals surface area (Å²) in [5.41, 5.74) is 2.42. The van der Waals surface area contributed by atoms with Gasteiger partial charge in [0.2, 0.25) is 5.91 Å². The molecule has 2 aromatic carbocycles. The third-order valence-electron chi connectivity index (χ3n) is 3.59.